The number of aliphatic hydroxyl groups excluding tert-OH is 1. The summed E-state index contributed by atoms with van der Waals surface area (Å²) in [5.74, 6) is -2.22. The van der Waals surface area contributed by atoms with E-state index in [2.05, 4.69) is 5.32 Å². The number of hydrogen-bond acceptors (Lipinski definition) is 3. The Morgan fingerprint density at radius 1 is 1.25 bits per heavy atom. The number of benzene rings is 1. The van der Waals surface area contributed by atoms with Gasteiger partial charge in [-0.15, -0.1) is 0 Å². The molecule has 0 radical (unpaired) electrons. The van der Waals surface area contributed by atoms with E-state index in [0.29, 0.717) is 6.54 Å². The molecule has 1 fully saturated rings. The summed E-state index contributed by atoms with van der Waals surface area (Å²) in [5.41, 5.74) is 1.19. The van der Waals surface area contributed by atoms with Gasteiger partial charge in [-0.05, 0) is 16.5 Å². The normalized spacial score (nSPS) is 23.1. The fourth-order valence-corrected chi connectivity index (χ4v) is 2.73. The van der Waals surface area contributed by atoms with Crippen LogP contribution >= 0.6 is 0 Å². The first-order valence-electron chi connectivity index (χ1n) is 6.57. The number of nitrogens with one attached hydrogen (secondary N) is 1. The molecule has 1 aliphatic rings. The zero-order valence-corrected chi connectivity index (χ0v) is 11.6. The monoisotopic (exact) mass is 277 g/mol. The van der Waals surface area contributed by atoms with Crippen LogP contribution in [0.3, 0.4) is 0 Å². The molecule has 0 heterocycles. The predicted octanol–water partition coefficient (Wildman–Crippen LogP) is 1.15. The van der Waals surface area contributed by atoms with Crippen molar-refractivity contribution in [1.29, 1.82) is 0 Å². The average Bonchev–Trinajstić information content (AvgIpc) is 2.99. The number of carbonyl (C=O) groups is 2. The van der Waals surface area contributed by atoms with Crippen LogP contribution in [0, 0.1) is 17.3 Å². The minimum absolute atomic E-state index is 0.0431. The zero-order chi connectivity index (χ0) is 14.9. The van der Waals surface area contributed by atoms with Gasteiger partial charge in [0.2, 0.25) is 5.91 Å². The van der Waals surface area contributed by atoms with Crippen LogP contribution in [0.2, 0.25) is 0 Å². The topological polar surface area (TPSA) is 86.6 Å². The lowest BCUT2D eigenvalue weighted by molar-refractivity contribution is -0.140. The number of amides is 1. The Hall–Kier alpha value is -1.88. The van der Waals surface area contributed by atoms with Gasteiger partial charge in [0.1, 0.15) is 0 Å². The molecule has 0 spiro atoms. The number of carbonyl (C=O) groups excluding carboxylic acids is 1. The van der Waals surface area contributed by atoms with E-state index in [4.69, 9.17) is 10.2 Å². The molecule has 2 rings (SSSR count). The van der Waals surface area contributed by atoms with Gasteiger partial charge in [-0.1, -0.05) is 38.1 Å². The molecular formula is C15H19NO4. The second-order valence-electron chi connectivity index (χ2n) is 5.81. The quantitative estimate of drug-likeness (QED) is 0.753. The van der Waals surface area contributed by atoms with Crippen molar-refractivity contribution < 1.29 is 19.8 Å². The highest BCUT2D eigenvalue weighted by atomic mass is 16.4. The van der Waals surface area contributed by atoms with Crippen molar-refractivity contribution in [2.75, 3.05) is 0 Å². The molecule has 1 saturated carbocycles. The van der Waals surface area contributed by atoms with Crippen LogP contribution in [0.15, 0.2) is 24.3 Å². The molecule has 0 bridgehead atoms. The Labute approximate surface area is 117 Å². The first-order chi connectivity index (χ1) is 9.37. The SMILES string of the molecule is CC1(C)[C@H](C(=O)O)[C@@H]1C(=O)NCc1cccc(CO)c1. The number of aliphatic carboxylic acids is 1. The summed E-state index contributed by atoms with van der Waals surface area (Å²) >= 11 is 0. The summed E-state index contributed by atoms with van der Waals surface area (Å²) in [5, 5.41) is 20.9. The number of carboxylic acid groups (broad SMARTS) is 1. The lowest BCUT2D eigenvalue weighted by atomic mass is 10.1. The Kier molecular flexibility index (Phi) is 3.81. The zero-order valence-electron chi connectivity index (χ0n) is 11.6. The highest BCUT2D eigenvalue weighted by Gasteiger charge is 2.65. The van der Waals surface area contributed by atoms with Gasteiger partial charge in [0.25, 0.3) is 0 Å². The van der Waals surface area contributed by atoms with Crippen LogP contribution in [0.25, 0.3) is 0 Å². The lowest BCUT2D eigenvalue weighted by Gasteiger charge is -2.07. The Morgan fingerprint density at radius 3 is 2.45 bits per heavy atom. The summed E-state index contributed by atoms with van der Waals surface area (Å²) in [7, 11) is 0. The van der Waals surface area contributed by atoms with Gasteiger partial charge in [0, 0.05) is 6.54 Å². The van der Waals surface area contributed by atoms with Crippen molar-refractivity contribution in [3.8, 4) is 0 Å². The molecule has 108 valence electrons. The summed E-state index contributed by atoms with van der Waals surface area (Å²) in [6.07, 6.45) is 0. The van der Waals surface area contributed by atoms with E-state index in [0.717, 1.165) is 11.1 Å². The maximum absolute atomic E-state index is 12.0. The third kappa shape index (κ3) is 2.67. The van der Waals surface area contributed by atoms with Crippen molar-refractivity contribution in [2.24, 2.45) is 17.3 Å². The van der Waals surface area contributed by atoms with Crippen LogP contribution in [-0.4, -0.2) is 22.1 Å². The van der Waals surface area contributed by atoms with E-state index in [9.17, 15) is 9.59 Å². The molecule has 1 amide bonds. The first kappa shape index (κ1) is 14.5. The van der Waals surface area contributed by atoms with Gasteiger partial charge in [-0.2, -0.15) is 0 Å². The summed E-state index contributed by atoms with van der Waals surface area (Å²) < 4.78 is 0. The summed E-state index contributed by atoms with van der Waals surface area (Å²) in [6, 6.07) is 7.28. The van der Waals surface area contributed by atoms with Crippen molar-refractivity contribution in [3.05, 3.63) is 35.4 Å². The van der Waals surface area contributed by atoms with Crippen molar-refractivity contribution >= 4 is 11.9 Å². The average molecular weight is 277 g/mol. The second kappa shape index (κ2) is 5.25. The van der Waals surface area contributed by atoms with Crippen LogP contribution in [0.4, 0.5) is 0 Å². The fourth-order valence-electron chi connectivity index (χ4n) is 2.73. The third-order valence-electron chi connectivity index (χ3n) is 4.02. The molecule has 20 heavy (non-hydrogen) atoms. The van der Waals surface area contributed by atoms with Crippen molar-refractivity contribution in [1.82, 2.24) is 5.32 Å². The maximum Gasteiger partial charge on any atom is 0.307 e. The summed E-state index contributed by atoms with van der Waals surface area (Å²) in [6.45, 7) is 3.88. The second-order valence-corrected chi connectivity index (χ2v) is 5.81. The summed E-state index contributed by atoms with van der Waals surface area (Å²) in [4.78, 5) is 23.1. The van der Waals surface area contributed by atoms with Gasteiger partial charge < -0.3 is 15.5 Å². The molecule has 5 nitrogen and oxygen atoms in total. The van der Waals surface area contributed by atoms with Gasteiger partial charge in [-0.25, -0.2) is 0 Å². The van der Waals surface area contributed by atoms with E-state index < -0.39 is 23.2 Å². The van der Waals surface area contributed by atoms with Gasteiger partial charge in [0.15, 0.2) is 0 Å². The number of aliphatic hydroxyl groups is 1. The molecule has 3 N–H and O–H groups in total. The van der Waals surface area contributed by atoms with Crippen LogP contribution in [0.1, 0.15) is 25.0 Å². The van der Waals surface area contributed by atoms with Gasteiger partial charge >= 0.3 is 5.97 Å². The van der Waals surface area contributed by atoms with Crippen LogP contribution in [-0.2, 0) is 22.7 Å². The molecule has 1 aromatic rings. The van der Waals surface area contributed by atoms with E-state index in [1.807, 2.05) is 18.2 Å². The minimum atomic E-state index is -0.919. The standard InChI is InChI=1S/C15H19NO4/c1-15(2)11(12(15)14(19)20)13(18)16-7-9-4-3-5-10(6-9)8-17/h3-6,11-12,17H,7-8H2,1-2H3,(H,16,18)(H,19,20)/t11-,12+/m1/s1. The van der Waals surface area contributed by atoms with Crippen LogP contribution < -0.4 is 5.32 Å². The highest BCUT2D eigenvalue weighted by molar-refractivity contribution is 5.91. The predicted molar refractivity (Wildman–Crippen MR) is 72.6 cm³/mol. The van der Waals surface area contributed by atoms with E-state index in [1.54, 1.807) is 19.9 Å². The van der Waals surface area contributed by atoms with Gasteiger partial charge in [-0.3, -0.25) is 9.59 Å². The first-order valence-corrected chi connectivity index (χ1v) is 6.57. The molecule has 2 atom stereocenters. The molecule has 0 aromatic heterocycles. The molecule has 1 aliphatic carbocycles. The van der Waals surface area contributed by atoms with Gasteiger partial charge in [0.05, 0.1) is 18.4 Å². The van der Waals surface area contributed by atoms with Crippen molar-refractivity contribution in [3.63, 3.8) is 0 Å². The van der Waals surface area contributed by atoms with E-state index >= 15 is 0 Å². The van der Waals surface area contributed by atoms with Crippen LogP contribution in [0.5, 0.6) is 0 Å². The third-order valence-corrected chi connectivity index (χ3v) is 4.02. The smallest absolute Gasteiger partial charge is 0.307 e. The lowest BCUT2D eigenvalue weighted by Crippen LogP contribution is -2.26. The minimum Gasteiger partial charge on any atom is -0.481 e. The Morgan fingerprint density at radius 2 is 1.90 bits per heavy atom. The molecule has 1 aromatic carbocycles. The highest BCUT2D eigenvalue weighted by Crippen LogP contribution is 2.58. The molecule has 0 unspecified atom stereocenters. The molecule has 5 heteroatoms. The fraction of sp³-hybridized carbons (Fsp3) is 0.467. The van der Waals surface area contributed by atoms with Crippen molar-refractivity contribution in [2.45, 2.75) is 27.0 Å². The largest absolute Gasteiger partial charge is 0.481 e. The molecule has 0 saturated heterocycles. The van der Waals surface area contributed by atoms with E-state index in [1.165, 1.54) is 0 Å². The van der Waals surface area contributed by atoms with E-state index in [-0.39, 0.29) is 12.5 Å². The Bertz CT molecular complexity index is 538. The Balaban J connectivity index is 1.95. The molecular weight excluding hydrogens is 258 g/mol. The number of hydrogen-bond donors (Lipinski definition) is 3. The molecule has 0 aliphatic heterocycles. The maximum atomic E-state index is 12.0. The number of carboxylic acids is 1. The number of rotatable bonds is 5.